The highest BCUT2D eigenvalue weighted by molar-refractivity contribution is 5.89. The zero-order valence-corrected chi connectivity index (χ0v) is 22.1. The first-order valence-electron chi connectivity index (χ1n) is 13.6. The van der Waals surface area contributed by atoms with E-state index in [0.717, 1.165) is 49.4 Å². The molecule has 3 N–H and O–H groups in total. The minimum absolute atomic E-state index is 0.0206. The summed E-state index contributed by atoms with van der Waals surface area (Å²) in [6.45, 7) is 8.85. The molecule has 0 bridgehead atoms. The van der Waals surface area contributed by atoms with E-state index in [1.807, 2.05) is 4.90 Å². The van der Waals surface area contributed by atoms with Crippen LogP contribution in [0.4, 0.5) is 20.7 Å². The standard InChI is InChI=1S/C27H36FN7O3/c1-3-19-16-38-12-11-35(19)25-20-14-34(26(36)17-7-9-29-10-8-17)15-23(20)31-24(33-25)18-5-6-22(21(28)13-18)32-27(37)30-4-2/h5-6,13,17,19,29H,3-4,7-12,14-16H2,1-2H3,(H2,30,32,37)/t19-/m0/s1. The van der Waals surface area contributed by atoms with E-state index in [4.69, 9.17) is 14.7 Å². The van der Waals surface area contributed by atoms with Gasteiger partial charge in [-0.1, -0.05) is 6.92 Å². The molecule has 2 saturated heterocycles. The van der Waals surface area contributed by atoms with Crippen molar-refractivity contribution in [3.63, 3.8) is 0 Å². The zero-order valence-electron chi connectivity index (χ0n) is 22.1. The molecule has 1 aromatic carbocycles. The SMILES string of the molecule is CCNC(=O)Nc1ccc(-c2nc3c(c(N4CCOC[C@@H]4CC)n2)CN(C(=O)C2CCNCC2)C3)cc1F. The van der Waals surface area contributed by atoms with Crippen LogP contribution in [0.5, 0.6) is 0 Å². The van der Waals surface area contributed by atoms with E-state index in [9.17, 15) is 14.0 Å². The number of anilines is 2. The molecule has 5 rings (SSSR count). The van der Waals surface area contributed by atoms with E-state index in [1.165, 1.54) is 12.1 Å². The number of benzene rings is 1. The summed E-state index contributed by atoms with van der Waals surface area (Å²) in [7, 11) is 0. The summed E-state index contributed by atoms with van der Waals surface area (Å²) >= 11 is 0. The van der Waals surface area contributed by atoms with Gasteiger partial charge in [0.15, 0.2) is 5.82 Å². The topological polar surface area (TPSA) is 112 Å². The molecule has 0 spiro atoms. The van der Waals surface area contributed by atoms with Crippen molar-refractivity contribution in [1.29, 1.82) is 0 Å². The molecular weight excluding hydrogens is 489 g/mol. The predicted octanol–water partition coefficient (Wildman–Crippen LogP) is 2.88. The maximum absolute atomic E-state index is 15.0. The Balaban J connectivity index is 1.48. The molecule has 0 unspecified atom stereocenters. The van der Waals surface area contributed by atoms with Gasteiger partial charge in [-0.2, -0.15) is 0 Å². The molecule has 3 aliphatic heterocycles. The third kappa shape index (κ3) is 5.44. The quantitative estimate of drug-likeness (QED) is 0.532. The fourth-order valence-electron chi connectivity index (χ4n) is 5.44. The van der Waals surface area contributed by atoms with Crippen molar-refractivity contribution >= 4 is 23.4 Å². The fraction of sp³-hybridized carbons (Fsp3) is 0.556. The van der Waals surface area contributed by atoms with Gasteiger partial charge in [0.2, 0.25) is 5.91 Å². The first-order valence-corrected chi connectivity index (χ1v) is 13.6. The van der Waals surface area contributed by atoms with Gasteiger partial charge in [0, 0.05) is 30.1 Å². The molecule has 38 heavy (non-hydrogen) atoms. The van der Waals surface area contributed by atoms with Crippen LogP contribution in [-0.4, -0.2) is 72.2 Å². The highest BCUT2D eigenvalue weighted by Crippen LogP contribution is 2.35. The average Bonchev–Trinajstić information content (AvgIpc) is 3.38. The summed E-state index contributed by atoms with van der Waals surface area (Å²) in [4.78, 5) is 39.2. The molecule has 1 aromatic heterocycles. The lowest BCUT2D eigenvalue weighted by atomic mass is 9.97. The molecule has 0 aliphatic carbocycles. The maximum atomic E-state index is 15.0. The lowest BCUT2D eigenvalue weighted by molar-refractivity contribution is -0.137. The Bertz CT molecular complexity index is 1190. The summed E-state index contributed by atoms with van der Waals surface area (Å²) in [5, 5.41) is 8.44. The van der Waals surface area contributed by atoms with Crippen LogP contribution in [0, 0.1) is 11.7 Å². The average molecular weight is 526 g/mol. The Morgan fingerprint density at radius 1 is 1.18 bits per heavy atom. The monoisotopic (exact) mass is 525 g/mol. The van der Waals surface area contributed by atoms with Gasteiger partial charge in [-0.3, -0.25) is 4.79 Å². The van der Waals surface area contributed by atoms with E-state index < -0.39 is 11.8 Å². The van der Waals surface area contributed by atoms with Crippen LogP contribution in [0.1, 0.15) is 44.4 Å². The number of piperidine rings is 1. The number of amides is 3. The number of hydrogen-bond donors (Lipinski definition) is 3. The number of nitrogens with one attached hydrogen (secondary N) is 3. The number of nitrogens with zero attached hydrogens (tertiary/aromatic N) is 4. The van der Waals surface area contributed by atoms with Gasteiger partial charge >= 0.3 is 6.03 Å². The molecule has 204 valence electrons. The number of morpholine rings is 1. The van der Waals surface area contributed by atoms with Crippen LogP contribution in [0.15, 0.2) is 18.2 Å². The van der Waals surface area contributed by atoms with Gasteiger partial charge in [-0.05, 0) is 57.5 Å². The molecule has 2 fully saturated rings. The minimum Gasteiger partial charge on any atom is -0.377 e. The molecule has 11 heteroatoms. The number of halogens is 1. The van der Waals surface area contributed by atoms with Crippen LogP contribution in [0.3, 0.4) is 0 Å². The highest BCUT2D eigenvalue weighted by atomic mass is 19.1. The summed E-state index contributed by atoms with van der Waals surface area (Å²) in [5.74, 6) is 0.815. The van der Waals surface area contributed by atoms with Crippen molar-refractivity contribution in [2.75, 3.05) is 49.6 Å². The summed E-state index contributed by atoms with van der Waals surface area (Å²) in [5.41, 5.74) is 2.36. The van der Waals surface area contributed by atoms with Crippen LogP contribution in [0.2, 0.25) is 0 Å². The lowest BCUT2D eigenvalue weighted by Gasteiger charge is -2.37. The third-order valence-corrected chi connectivity index (χ3v) is 7.54. The number of hydrogen-bond acceptors (Lipinski definition) is 7. The highest BCUT2D eigenvalue weighted by Gasteiger charge is 2.35. The molecule has 10 nitrogen and oxygen atoms in total. The molecule has 4 heterocycles. The van der Waals surface area contributed by atoms with Crippen LogP contribution >= 0.6 is 0 Å². The Labute approximate surface area is 222 Å². The number of rotatable bonds is 6. The van der Waals surface area contributed by atoms with Crippen molar-refractivity contribution in [1.82, 2.24) is 25.5 Å². The number of ether oxygens (including phenoxy) is 1. The second kappa shape index (κ2) is 11.6. The van der Waals surface area contributed by atoms with Crippen LogP contribution in [-0.2, 0) is 22.6 Å². The lowest BCUT2D eigenvalue weighted by Crippen LogP contribution is -2.46. The molecule has 0 radical (unpaired) electrons. The van der Waals surface area contributed by atoms with Gasteiger partial charge in [-0.15, -0.1) is 0 Å². The van der Waals surface area contributed by atoms with Gasteiger partial charge < -0.3 is 30.5 Å². The first-order chi connectivity index (χ1) is 18.5. The Morgan fingerprint density at radius 3 is 2.74 bits per heavy atom. The number of fused-ring (bicyclic) bond motifs is 1. The number of carbonyl (C=O) groups is 2. The van der Waals surface area contributed by atoms with Gasteiger partial charge in [0.25, 0.3) is 0 Å². The van der Waals surface area contributed by atoms with E-state index in [0.29, 0.717) is 50.8 Å². The van der Waals surface area contributed by atoms with Crippen LogP contribution in [0.25, 0.3) is 11.4 Å². The van der Waals surface area contributed by atoms with Gasteiger partial charge in [0.05, 0.1) is 43.7 Å². The van der Waals surface area contributed by atoms with Crippen molar-refractivity contribution in [3.05, 3.63) is 35.3 Å². The van der Waals surface area contributed by atoms with Crippen molar-refractivity contribution in [2.45, 2.75) is 52.2 Å². The van der Waals surface area contributed by atoms with E-state index >= 15 is 0 Å². The normalized spacial score (nSPS) is 19.8. The first kappa shape index (κ1) is 26.3. The van der Waals surface area contributed by atoms with Crippen molar-refractivity contribution < 1.29 is 18.7 Å². The summed E-state index contributed by atoms with van der Waals surface area (Å²) < 4.78 is 20.7. The summed E-state index contributed by atoms with van der Waals surface area (Å²) in [6, 6.07) is 4.26. The third-order valence-electron chi connectivity index (χ3n) is 7.54. The number of carbonyl (C=O) groups excluding carboxylic acids is 2. The fourth-order valence-corrected chi connectivity index (χ4v) is 5.44. The number of urea groups is 1. The Hall–Kier alpha value is -3.31. The van der Waals surface area contributed by atoms with Crippen molar-refractivity contribution in [3.8, 4) is 11.4 Å². The predicted molar refractivity (Wildman–Crippen MR) is 142 cm³/mol. The molecule has 2 aromatic rings. The molecule has 3 amide bonds. The maximum Gasteiger partial charge on any atom is 0.319 e. The minimum atomic E-state index is -0.570. The van der Waals surface area contributed by atoms with E-state index in [-0.39, 0.29) is 23.6 Å². The van der Waals surface area contributed by atoms with E-state index in [1.54, 1.807) is 13.0 Å². The second-order valence-corrected chi connectivity index (χ2v) is 10.0. The van der Waals surface area contributed by atoms with E-state index in [2.05, 4.69) is 27.8 Å². The van der Waals surface area contributed by atoms with Gasteiger partial charge in [0.1, 0.15) is 11.6 Å². The molecular formula is C27H36FN7O3. The Morgan fingerprint density at radius 2 is 2.00 bits per heavy atom. The van der Waals surface area contributed by atoms with Crippen molar-refractivity contribution in [2.24, 2.45) is 5.92 Å². The largest absolute Gasteiger partial charge is 0.377 e. The number of aromatic nitrogens is 2. The molecule has 1 atom stereocenters. The summed E-state index contributed by atoms with van der Waals surface area (Å²) in [6.07, 6.45) is 2.57. The molecule has 0 saturated carbocycles. The zero-order chi connectivity index (χ0) is 26.6. The van der Waals surface area contributed by atoms with Gasteiger partial charge in [-0.25, -0.2) is 19.2 Å². The molecule has 3 aliphatic rings. The second-order valence-electron chi connectivity index (χ2n) is 10.0. The smallest absolute Gasteiger partial charge is 0.319 e. The Kier molecular flexibility index (Phi) is 8.04. The van der Waals surface area contributed by atoms with Crippen LogP contribution < -0.4 is 20.9 Å².